The summed E-state index contributed by atoms with van der Waals surface area (Å²) in [5.74, 6) is 0. The van der Waals surface area contributed by atoms with Gasteiger partial charge in [-0.15, -0.1) is 11.8 Å². The van der Waals surface area contributed by atoms with Gasteiger partial charge in [0.2, 0.25) is 6.08 Å². The minimum absolute atomic E-state index is 0.312. The molecule has 0 atom stereocenters. The highest BCUT2D eigenvalue weighted by atomic mass is 79.9. The van der Waals surface area contributed by atoms with Crippen molar-refractivity contribution in [3.05, 3.63) is 28.2 Å². The predicted molar refractivity (Wildman–Crippen MR) is 78.3 cm³/mol. The first-order valence-electron chi connectivity index (χ1n) is 6.37. The van der Waals surface area contributed by atoms with Crippen LogP contribution in [0.3, 0.4) is 0 Å². The molecular weight excluding hydrogens is 326 g/mol. The fourth-order valence-electron chi connectivity index (χ4n) is 2.41. The fraction of sp³-hybridized carbons (Fsp3) is 0.500. The third-order valence-corrected chi connectivity index (χ3v) is 5.94. The lowest BCUT2D eigenvalue weighted by atomic mass is 9.72. The summed E-state index contributed by atoms with van der Waals surface area (Å²) >= 11 is 5.46. The number of benzene rings is 1. The Morgan fingerprint density at radius 1 is 1.42 bits per heavy atom. The highest BCUT2D eigenvalue weighted by Gasteiger charge is 2.39. The van der Waals surface area contributed by atoms with Gasteiger partial charge >= 0.3 is 0 Å². The van der Waals surface area contributed by atoms with Gasteiger partial charge in [0.25, 0.3) is 0 Å². The van der Waals surface area contributed by atoms with Gasteiger partial charge in [-0.1, -0.05) is 6.07 Å². The van der Waals surface area contributed by atoms with Gasteiger partial charge in [-0.2, -0.15) is 4.99 Å². The second-order valence-electron chi connectivity index (χ2n) is 5.01. The highest BCUT2D eigenvalue weighted by molar-refractivity contribution is 9.10. The Labute approximate surface area is 125 Å². The van der Waals surface area contributed by atoms with E-state index in [2.05, 4.69) is 39.1 Å². The molecule has 19 heavy (non-hydrogen) atoms. The molecule has 0 aromatic heterocycles. The second kappa shape index (κ2) is 5.41. The van der Waals surface area contributed by atoms with Crippen LogP contribution < -0.4 is 0 Å². The molecule has 2 aliphatic rings. The topological polar surface area (TPSA) is 38.7 Å². The summed E-state index contributed by atoms with van der Waals surface area (Å²) in [5, 5.41) is 0.563. The smallest absolute Gasteiger partial charge is 0.235 e. The Morgan fingerprint density at radius 2 is 2.21 bits per heavy atom. The lowest BCUT2D eigenvalue weighted by molar-refractivity contribution is 0.0455. The zero-order chi connectivity index (χ0) is 13.3. The summed E-state index contributed by atoms with van der Waals surface area (Å²) in [7, 11) is 0. The van der Waals surface area contributed by atoms with Crippen LogP contribution in [0, 0.1) is 0 Å². The molecule has 5 heteroatoms. The molecule has 0 radical (unpaired) electrons. The standard InChI is InChI=1S/C14H14BrNO2S/c15-12-6-10(14(16-9-17)4-1-5-14)2-3-13(12)19-11-7-18-8-11/h2-3,6,11H,1,4-5,7-8H2. The molecule has 0 N–H and O–H groups in total. The first-order chi connectivity index (χ1) is 9.23. The molecule has 0 amide bonds. The molecule has 1 aliphatic carbocycles. The molecule has 0 bridgehead atoms. The van der Waals surface area contributed by atoms with E-state index in [1.807, 2.05) is 11.8 Å². The molecule has 1 saturated carbocycles. The van der Waals surface area contributed by atoms with E-state index in [1.54, 1.807) is 6.08 Å². The van der Waals surface area contributed by atoms with Crippen LogP contribution in [0.5, 0.6) is 0 Å². The van der Waals surface area contributed by atoms with Crippen LogP contribution in [-0.4, -0.2) is 24.5 Å². The average Bonchev–Trinajstić information content (AvgIpc) is 2.30. The van der Waals surface area contributed by atoms with Crippen LogP contribution in [0.25, 0.3) is 0 Å². The van der Waals surface area contributed by atoms with Gasteiger partial charge in [-0.05, 0) is 52.9 Å². The van der Waals surface area contributed by atoms with E-state index in [1.165, 1.54) is 4.90 Å². The third kappa shape index (κ3) is 2.52. The largest absolute Gasteiger partial charge is 0.379 e. The Hall–Kier alpha value is -0.610. The third-order valence-electron chi connectivity index (χ3n) is 3.81. The monoisotopic (exact) mass is 339 g/mol. The lowest BCUT2D eigenvalue weighted by Crippen LogP contribution is -2.32. The molecule has 2 fully saturated rings. The number of ether oxygens (including phenoxy) is 1. The Morgan fingerprint density at radius 3 is 2.68 bits per heavy atom. The maximum absolute atomic E-state index is 10.6. The van der Waals surface area contributed by atoms with E-state index < -0.39 is 0 Å². The Balaban J connectivity index is 1.83. The second-order valence-corrected chi connectivity index (χ2v) is 7.21. The van der Waals surface area contributed by atoms with E-state index in [0.29, 0.717) is 5.25 Å². The van der Waals surface area contributed by atoms with Crippen LogP contribution in [0.2, 0.25) is 0 Å². The lowest BCUT2D eigenvalue weighted by Gasteiger charge is -2.37. The Kier molecular flexibility index (Phi) is 3.81. The van der Waals surface area contributed by atoms with E-state index in [-0.39, 0.29) is 5.54 Å². The number of halogens is 1. The van der Waals surface area contributed by atoms with Crippen LogP contribution in [0.1, 0.15) is 24.8 Å². The molecule has 0 unspecified atom stereocenters. The van der Waals surface area contributed by atoms with Crippen molar-refractivity contribution in [3.8, 4) is 0 Å². The summed E-state index contributed by atoms with van der Waals surface area (Å²) in [6.07, 6.45) is 4.74. The minimum Gasteiger partial charge on any atom is -0.379 e. The van der Waals surface area contributed by atoms with E-state index >= 15 is 0 Å². The number of aliphatic imine (C=N–C) groups is 1. The van der Waals surface area contributed by atoms with Gasteiger partial charge in [0.15, 0.2) is 0 Å². The van der Waals surface area contributed by atoms with Crippen molar-refractivity contribution < 1.29 is 9.53 Å². The predicted octanol–water partition coefficient (Wildman–Crippen LogP) is 3.66. The SMILES string of the molecule is O=C=NC1(c2ccc(SC3COC3)c(Br)c2)CCC1. The number of isocyanates is 1. The van der Waals surface area contributed by atoms with Gasteiger partial charge < -0.3 is 4.74 Å². The number of hydrogen-bond acceptors (Lipinski definition) is 4. The maximum Gasteiger partial charge on any atom is 0.235 e. The van der Waals surface area contributed by atoms with Gasteiger partial charge in [0.05, 0.1) is 24.0 Å². The van der Waals surface area contributed by atoms with E-state index in [4.69, 9.17) is 4.74 Å². The summed E-state index contributed by atoms with van der Waals surface area (Å²) in [4.78, 5) is 15.9. The number of thioether (sulfide) groups is 1. The van der Waals surface area contributed by atoms with Crippen molar-refractivity contribution in [1.82, 2.24) is 0 Å². The zero-order valence-corrected chi connectivity index (χ0v) is 12.8. The molecule has 0 spiro atoms. The zero-order valence-electron chi connectivity index (χ0n) is 10.4. The number of hydrogen-bond donors (Lipinski definition) is 0. The normalized spacial score (nSPS) is 21.1. The van der Waals surface area contributed by atoms with Crippen molar-refractivity contribution >= 4 is 33.8 Å². The van der Waals surface area contributed by atoms with Crippen LogP contribution >= 0.6 is 27.7 Å². The molecule has 3 rings (SSSR count). The van der Waals surface area contributed by atoms with E-state index in [9.17, 15) is 4.79 Å². The van der Waals surface area contributed by atoms with Crippen molar-refractivity contribution in [1.29, 1.82) is 0 Å². The van der Waals surface area contributed by atoms with Crippen molar-refractivity contribution in [2.75, 3.05) is 13.2 Å². The minimum atomic E-state index is -0.312. The first-order valence-corrected chi connectivity index (χ1v) is 8.04. The summed E-state index contributed by atoms with van der Waals surface area (Å²) in [6, 6.07) is 6.30. The molecule has 3 nitrogen and oxygen atoms in total. The molecule has 1 aromatic rings. The molecule has 1 aromatic carbocycles. The summed E-state index contributed by atoms with van der Waals surface area (Å²) in [5.41, 5.74) is 0.802. The highest BCUT2D eigenvalue weighted by Crippen LogP contribution is 2.46. The molecule has 100 valence electrons. The molecular formula is C14H14BrNO2S. The number of nitrogens with zero attached hydrogens (tertiary/aromatic N) is 1. The number of rotatable bonds is 4. The van der Waals surface area contributed by atoms with Crippen LogP contribution in [0.15, 0.2) is 32.6 Å². The van der Waals surface area contributed by atoms with Crippen LogP contribution in [0.4, 0.5) is 0 Å². The fourth-order valence-corrected chi connectivity index (χ4v) is 4.08. The van der Waals surface area contributed by atoms with Gasteiger partial charge in [-0.25, -0.2) is 4.79 Å². The van der Waals surface area contributed by atoms with Crippen molar-refractivity contribution in [2.45, 2.75) is 34.9 Å². The van der Waals surface area contributed by atoms with Crippen LogP contribution in [-0.2, 0) is 15.1 Å². The molecule has 1 saturated heterocycles. The molecule has 1 heterocycles. The van der Waals surface area contributed by atoms with Crippen molar-refractivity contribution in [3.63, 3.8) is 0 Å². The quantitative estimate of drug-likeness (QED) is 0.620. The maximum atomic E-state index is 10.6. The van der Waals surface area contributed by atoms with Gasteiger partial charge in [0.1, 0.15) is 0 Å². The van der Waals surface area contributed by atoms with E-state index in [0.717, 1.165) is 42.5 Å². The van der Waals surface area contributed by atoms with Gasteiger partial charge in [-0.3, -0.25) is 0 Å². The number of carbonyl (C=O) groups excluding carboxylic acids is 1. The molecule has 1 aliphatic heterocycles. The summed E-state index contributed by atoms with van der Waals surface area (Å²) < 4.78 is 6.27. The average molecular weight is 340 g/mol. The van der Waals surface area contributed by atoms with Crippen molar-refractivity contribution in [2.24, 2.45) is 4.99 Å². The Bertz CT molecular complexity index is 534. The first kappa shape index (κ1) is 13.4. The summed E-state index contributed by atoms with van der Waals surface area (Å²) in [6.45, 7) is 1.66. The van der Waals surface area contributed by atoms with Gasteiger partial charge in [0, 0.05) is 9.37 Å².